The maximum absolute atomic E-state index is 14.8. The summed E-state index contributed by atoms with van der Waals surface area (Å²) in [6.45, 7) is 10.6. The van der Waals surface area contributed by atoms with E-state index >= 15 is 0 Å². The van der Waals surface area contributed by atoms with Gasteiger partial charge in [-0.1, -0.05) is 31.1 Å². The maximum atomic E-state index is 14.8. The first kappa shape index (κ1) is 46.1. The number of allylic oxidation sites excluding steroid dienone is 1. The normalized spacial score (nSPS) is 25.2. The number of nitrogens with one attached hydrogen (secondary N) is 3. The number of halogens is 2. The Kier molecular flexibility index (Phi) is 12.4. The molecule has 2 saturated carbocycles. The Hall–Kier alpha value is -5.43. The molecule has 2 aliphatic carbocycles. The standard InChI is InChI=1S/C46H55F2N7O8S2/c1-26(2)55-35-16-12-14-30(39-49-34(25-64-39)27-17-18-31(47)32(48)21-27)37(35)51-42(55)62-29-22-36-38(56)52-46(41(58)53-65(60,61)45(6)19-20-45)23-28(46)13-10-8-7-9-11-15-33(40(57)54(36)24-29)50-43(59)63-44(3,4)5/h10,12-14,16-18,21,25-26,28-29,33,36H,7-9,11,15,19-20,22-24H2,1-6H3,(H,50,59)(H,52,56)(H,53,58)/b13-10-/t28-,29-,33+,36+,46-/m1/s1. The zero-order valence-electron chi connectivity index (χ0n) is 37.3. The van der Waals surface area contributed by atoms with Gasteiger partial charge in [-0.2, -0.15) is 4.98 Å². The number of hydrogen-bond donors (Lipinski definition) is 3. The summed E-state index contributed by atoms with van der Waals surface area (Å²) >= 11 is 1.32. The number of hydrogen-bond acceptors (Lipinski definition) is 11. The van der Waals surface area contributed by atoms with Crippen molar-refractivity contribution >= 4 is 56.2 Å². The van der Waals surface area contributed by atoms with Crippen LogP contribution in [0.25, 0.3) is 32.9 Å². The number of thiazole rings is 1. The minimum absolute atomic E-state index is 0.0243. The summed E-state index contributed by atoms with van der Waals surface area (Å²) < 4.78 is 69.7. The van der Waals surface area contributed by atoms with Crippen LogP contribution in [0.5, 0.6) is 6.01 Å². The SMILES string of the molecule is CC(C)n1c(O[C@@H]2C[C@H]3C(=O)N[C@]4(C(=O)NS(=O)(=O)C5(C)CC5)C[C@H]4/C=C\CCCCC[C@H](NC(=O)OC(C)(C)C)C(=O)N3C2)nc2c(-c3nc(-c4ccc(F)c(F)c4)cs3)cccc21. The highest BCUT2D eigenvalue weighted by Gasteiger charge is 2.63. The number of para-hydroxylation sites is 1. The lowest BCUT2D eigenvalue weighted by molar-refractivity contribution is -0.141. The van der Waals surface area contributed by atoms with Gasteiger partial charge in [-0.15, -0.1) is 11.3 Å². The number of sulfonamides is 1. The van der Waals surface area contributed by atoms with Gasteiger partial charge in [0.25, 0.3) is 11.9 Å². The first-order chi connectivity index (χ1) is 30.7. The number of ether oxygens (including phenoxy) is 2. The lowest BCUT2D eigenvalue weighted by atomic mass is 10.0. The Morgan fingerprint density at radius 3 is 2.52 bits per heavy atom. The van der Waals surface area contributed by atoms with Crippen molar-refractivity contribution in [2.75, 3.05) is 6.54 Å². The van der Waals surface area contributed by atoms with Crippen LogP contribution in [0.3, 0.4) is 0 Å². The second-order valence-corrected chi connectivity index (χ2v) is 22.2. The van der Waals surface area contributed by atoms with E-state index < -0.39 is 85.5 Å². The molecular formula is C46H55F2N7O8S2. The predicted molar refractivity (Wildman–Crippen MR) is 240 cm³/mol. The summed E-state index contributed by atoms with van der Waals surface area (Å²) in [6, 6.07) is 7.00. The van der Waals surface area contributed by atoms with E-state index in [4.69, 9.17) is 19.4 Å². The third-order valence-electron chi connectivity index (χ3n) is 12.6. The number of rotatable bonds is 9. The van der Waals surface area contributed by atoms with E-state index in [0.717, 1.165) is 30.5 Å². The number of alkyl carbamates (subject to hydrolysis) is 1. The number of aromatic nitrogens is 3. The fourth-order valence-corrected chi connectivity index (χ4v) is 10.7. The van der Waals surface area contributed by atoms with Crippen LogP contribution in [-0.4, -0.2) is 92.3 Å². The second kappa shape index (κ2) is 17.4. The molecule has 3 N–H and O–H groups in total. The summed E-state index contributed by atoms with van der Waals surface area (Å²) in [7, 11) is -4.04. The molecular weight excluding hydrogens is 881 g/mol. The van der Waals surface area contributed by atoms with Gasteiger partial charge in [0, 0.05) is 34.9 Å². The van der Waals surface area contributed by atoms with Crippen molar-refractivity contribution in [1.82, 2.24) is 34.8 Å². The summed E-state index contributed by atoms with van der Waals surface area (Å²) in [5.41, 5.74) is 0.404. The van der Waals surface area contributed by atoms with Gasteiger partial charge in [0.1, 0.15) is 39.9 Å². The highest BCUT2D eigenvalue weighted by atomic mass is 32.2. The first-order valence-corrected chi connectivity index (χ1v) is 24.5. The topological polar surface area (TPSA) is 191 Å². The molecule has 65 heavy (non-hydrogen) atoms. The van der Waals surface area contributed by atoms with Gasteiger partial charge < -0.3 is 25.0 Å². The van der Waals surface area contributed by atoms with Crippen LogP contribution >= 0.6 is 11.3 Å². The van der Waals surface area contributed by atoms with Crippen LogP contribution in [-0.2, 0) is 29.1 Å². The number of imidazole rings is 1. The monoisotopic (exact) mass is 935 g/mol. The van der Waals surface area contributed by atoms with E-state index in [1.807, 2.05) is 48.8 Å². The first-order valence-electron chi connectivity index (χ1n) is 22.1. The molecule has 15 nitrogen and oxygen atoms in total. The van der Waals surface area contributed by atoms with Crippen LogP contribution in [0.2, 0.25) is 0 Å². The summed E-state index contributed by atoms with van der Waals surface area (Å²) in [6.07, 6.45) is 6.15. The van der Waals surface area contributed by atoms with E-state index in [-0.39, 0.29) is 37.9 Å². The number of nitrogens with zero attached hydrogens (tertiary/aromatic N) is 4. The molecule has 0 spiro atoms. The van der Waals surface area contributed by atoms with Crippen molar-refractivity contribution in [2.24, 2.45) is 5.92 Å². The van der Waals surface area contributed by atoms with Crippen molar-refractivity contribution < 1.29 is 45.9 Å². The minimum Gasteiger partial charge on any atom is -0.459 e. The number of amides is 4. The van der Waals surface area contributed by atoms with Gasteiger partial charge in [-0.3, -0.25) is 23.7 Å². The van der Waals surface area contributed by atoms with Crippen LogP contribution in [0.1, 0.15) is 105 Å². The van der Waals surface area contributed by atoms with Gasteiger partial charge in [0.05, 0.1) is 22.5 Å². The predicted octanol–water partition coefficient (Wildman–Crippen LogP) is 7.32. The van der Waals surface area contributed by atoms with Crippen molar-refractivity contribution in [3.8, 4) is 27.8 Å². The Balaban J connectivity index is 1.12. The second-order valence-electron chi connectivity index (χ2n) is 19.1. The number of benzene rings is 2. The third kappa shape index (κ3) is 9.49. The number of carbonyl (C=O) groups excluding carboxylic acids is 4. The fourth-order valence-electron chi connectivity index (χ4n) is 8.58. The Morgan fingerprint density at radius 1 is 1.05 bits per heavy atom. The molecule has 0 bridgehead atoms. The van der Waals surface area contributed by atoms with E-state index in [1.165, 1.54) is 22.3 Å². The summed E-state index contributed by atoms with van der Waals surface area (Å²) in [5, 5.41) is 7.98. The quantitative estimate of drug-likeness (QED) is 0.143. The van der Waals surface area contributed by atoms with Crippen molar-refractivity contribution in [2.45, 2.75) is 139 Å². The summed E-state index contributed by atoms with van der Waals surface area (Å²) in [4.78, 5) is 67.7. The van der Waals surface area contributed by atoms with E-state index in [0.29, 0.717) is 53.0 Å². The van der Waals surface area contributed by atoms with Gasteiger partial charge in [0.15, 0.2) is 11.6 Å². The maximum Gasteiger partial charge on any atom is 0.408 e. The van der Waals surface area contributed by atoms with Gasteiger partial charge in [-0.05, 0) is 110 Å². The minimum atomic E-state index is -4.04. The molecule has 0 unspecified atom stereocenters. The lowest BCUT2D eigenvalue weighted by Crippen LogP contribution is -2.58. The van der Waals surface area contributed by atoms with E-state index in [1.54, 1.807) is 33.1 Å². The van der Waals surface area contributed by atoms with Crippen molar-refractivity contribution in [3.05, 3.63) is 65.6 Å². The molecule has 4 aromatic rings. The van der Waals surface area contributed by atoms with E-state index in [2.05, 4.69) is 15.4 Å². The smallest absolute Gasteiger partial charge is 0.408 e. The molecule has 8 rings (SSSR count). The van der Waals surface area contributed by atoms with Crippen LogP contribution < -0.4 is 20.1 Å². The van der Waals surface area contributed by atoms with Crippen LogP contribution in [0, 0.1) is 17.6 Å². The average molecular weight is 936 g/mol. The van der Waals surface area contributed by atoms with Crippen LogP contribution in [0.4, 0.5) is 13.6 Å². The van der Waals surface area contributed by atoms with E-state index in [9.17, 15) is 36.4 Å². The Morgan fingerprint density at radius 2 is 1.82 bits per heavy atom. The number of fused-ring (bicyclic) bond motifs is 3. The molecule has 3 fully saturated rings. The number of carbonyl (C=O) groups is 4. The molecule has 4 amide bonds. The third-order valence-corrected chi connectivity index (χ3v) is 15.6. The molecule has 19 heteroatoms. The molecule has 1 saturated heterocycles. The largest absolute Gasteiger partial charge is 0.459 e. The van der Waals surface area contributed by atoms with Crippen molar-refractivity contribution in [1.29, 1.82) is 0 Å². The van der Waals surface area contributed by atoms with Crippen molar-refractivity contribution in [3.63, 3.8) is 0 Å². The van der Waals surface area contributed by atoms with Gasteiger partial charge in [-0.25, -0.2) is 27.0 Å². The molecule has 5 atom stereocenters. The molecule has 2 aromatic carbocycles. The van der Waals surface area contributed by atoms with Crippen LogP contribution in [0.15, 0.2) is 53.9 Å². The zero-order chi connectivity index (χ0) is 46.6. The Bertz CT molecular complexity index is 2670. The average Bonchev–Trinajstić information content (AvgIpc) is 3.90. The summed E-state index contributed by atoms with van der Waals surface area (Å²) in [5.74, 6) is -4.45. The molecule has 348 valence electrons. The van der Waals surface area contributed by atoms with Gasteiger partial charge in [0.2, 0.25) is 21.8 Å². The molecule has 2 aromatic heterocycles. The highest BCUT2D eigenvalue weighted by molar-refractivity contribution is 7.91. The fraction of sp³-hybridized carbons (Fsp3) is 0.522. The zero-order valence-corrected chi connectivity index (χ0v) is 38.9. The highest BCUT2D eigenvalue weighted by Crippen LogP contribution is 2.48. The molecule has 2 aliphatic heterocycles. The Labute approximate surface area is 380 Å². The molecule has 4 aliphatic rings. The molecule has 4 heterocycles. The molecule has 0 radical (unpaired) electrons. The van der Waals surface area contributed by atoms with Gasteiger partial charge >= 0.3 is 6.09 Å². The lowest BCUT2D eigenvalue weighted by Gasteiger charge is -2.30.